The van der Waals surface area contributed by atoms with Crippen LogP contribution in [0.5, 0.6) is 17.2 Å². The fraction of sp³-hybridized carbons (Fsp3) is 0.480. The van der Waals surface area contributed by atoms with Crippen LogP contribution in [0.2, 0.25) is 0 Å². The van der Waals surface area contributed by atoms with Gasteiger partial charge in [-0.3, -0.25) is 4.79 Å². The molecule has 0 aromatic heterocycles. The average molecular weight is 474 g/mol. The number of ether oxygens (including phenoxy) is 5. The zero-order chi connectivity index (χ0) is 24.5. The molecule has 34 heavy (non-hydrogen) atoms. The molecule has 1 fully saturated rings. The third-order valence-corrected chi connectivity index (χ3v) is 6.09. The smallest absolute Gasteiger partial charge is 0.231 e. The first-order valence-electron chi connectivity index (χ1n) is 11.2. The van der Waals surface area contributed by atoms with Crippen LogP contribution in [0.1, 0.15) is 37.9 Å². The van der Waals surface area contributed by atoms with E-state index in [4.69, 9.17) is 23.7 Å². The van der Waals surface area contributed by atoms with Crippen LogP contribution >= 0.6 is 0 Å². The molecular weight excluding hydrogens is 442 g/mol. The average Bonchev–Trinajstić information content (AvgIpc) is 3.26. The summed E-state index contributed by atoms with van der Waals surface area (Å²) in [7, 11) is 1.46. The van der Waals surface area contributed by atoms with Crippen LogP contribution in [-0.4, -0.2) is 60.2 Å². The van der Waals surface area contributed by atoms with E-state index in [-0.39, 0.29) is 18.7 Å². The Balaban J connectivity index is 1.45. The maximum atomic E-state index is 11.8. The van der Waals surface area contributed by atoms with Crippen LogP contribution in [0, 0.1) is 0 Å². The van der Waals surface area contributed by atoms with Gasteiger partial charge in [-0.15, -0.1) is 0 Å². The minimum Gasteiger partial charge on any atom is -0.462 e. The molecule has 1 amide bonds. The van der Waals surface area contributed by atoms with Gasteiger partial charge in [0.05, 0.1) is 11.6 Å². The van der Waals surface area contributed by atoms with E-state index in [9.17, 15) is 15.0 Å². The van der Waals surface area contributed by atoms with E-state index >= 15 is 0 Å². The lowest BCUT2D eigenvalue weighted by atomic mass is 9.89. The summed E-state index contributed by atoms with van der Waals surface area (Å²) in [6, 6.07) is 12.6. The molecule has 0 aliphatic carbocycles. The molecule has 9 heteroatoms. The molecule has 2 aliphatic heterocycles. The van der Waals surface area contributed by atoms with Crippen molar-refractivity contribution in [1.82, 2.24) is 5.32 Å². The Morgan fingerprint density at radius 3 is 2.50 bits per heavy atom. The van der Waals surface area contributed by atoms with Crippen molar-refractivity contribution in [3.05, 3.63) is 53.6 Å². The molecule has 2 unspecified atom stereocenters. The lowest BCUT2D eigenvalue weighted by molar-refractivity contribution is -0.305. The van der Waals surface area contributed by atoms with Crippen LogP contribution in [-0.2, 0) is 20.7 Å². The summed E-state index contributed by atoms with van der Waals surface area (Å²) in [6.45, 7) is 5.21. The van der Waals surface area contributed by atoms with Gasteiger partial charge in [0.2, 0.25) is 19.0 Å². The van der Waals surface area contributed by atoms with Gasteiger partial charge in [-0.1, -0.05) is 18.2 Å². The van der Waals surface area contributed by atoms with Gasteiger partial charge in [0.1, 0.15) is 24.1 Å². The number of methoxy groups -OCH3 is 1. The van der Waals surface area contributed by atoms with E-state index in [1.54, 1.807) is 26.0 Å². The summed E-state index contributed by atoms with van der Waals surface area (Å²) in [5.41, 5.74) is 1.02. The SMILES string of the molecule is CO[C@@H]1[C@@H](O)[C@H](O)C(Oc2ccc(CC(NC(C)=O)c3ccc4c(c3)OCO4)cc2)OC1(C)C. The van der Waals surface area contributed by atoms with Gasteiger partial charge >= 0.3 is 0 Å². The highest BCUT2D eigenvalue weighted by atomic mass is 16.7. The molecule has 5 atom stereocenters. The van der Waals surface area contributed by atoms with Gasteiger partial charge < -0.3 is 39.2 Å². The first kappa shape index (κ1) is 24.3. The number of rotatable bonds is 7. The van der Waals surface area contributed by atoms with Crippen LogP contribution in [0.15, 0.2) is 42.5 Å². The first-order chi connectivity index (χ1) is 16.2. The number of hydrogen-bond donors (Lipinski definition) is 3. The van der Waals surface area contributed by atoms with E-state index in [0.29, 0.717) is 23.7 Å². The molecule has 2 heterocycles. The molecule has 2 aliphatic rings. The van der Waals surface area contributed by atoms with Crippen LogP contribution in [0.4, 0.5) is 0 Å². The second-order valence-corrected chi connectivity index (χ2v) is 9.06. The molecule has 3 N–H and O–H groups in total. The molecule has 0 spiro atoms. The Bertz CT molecular complexity index is 1010. The van der Waals surface area contributed by atoms with Crippen molar-refractivity contribution in [3.8, 4) is 17.2 Å². The van der Waals surface area contributed by atoms with Gasteiger partial charge in [-0.25, -0.2) is 0 Å². The van der Waals surface area contributed by atoms with E-state index in [0.717, 1.165) is 11.1 Å². The summed E-state index contributed by atoms with van der Waals surface area (Å²) in [5.74, 6) is 1.68. The lowest BCUT2D eigenvalue weighted by Gasteiger charge is -2.46. The molecule has 9 nitrogen and oxygen atoms in total. The third kappa shape index (κ3) is 5.12. The number of hydrogen-bond acceptors (Lipinski definition) is 8. The highest BCUT2D eigenvalue weighted by Crippen LogP contribution is 2.35. The van der Waals surface area contributed by atoms with Crippen molar-refractivity contribution in [1.29, 1.82) is 0 Å². The normalized spacial score (nSPS) is 26.1. The standard InChI is InChI=1S/C25H31NO8/c1-14(27)26-18(16-7-10-19-20(12-16)32-13-31-19)11-15-5-8-17(9-6-15)33-24-22(29)21(28)23(30-4)25(2,3)34-24/h5-10,12,18,21-24,28-29H,11,13H2,1-4H3,(H,26,27)/t18?,21-,22-,23+,24?/m0/s1. The predicted octanol–water partition coefficient (Wildman–Crippen LogP) is 2.09. The number of aliphatic hydroxyl groups is 2. The molecule has 0 saturated carbocycles. The lowest BCUT2D eigenvalue weighted by Crippen LogP contribution is -2.63. The first-order valence-corrected chi connectivity index (χ1v) is 11.2. The molecule has 0 radical (unpaired) electrons. The molecule has 184 valence electrons. The van der Waals surface area contributed by atoms with Crippen molar-refractivity contribution in [3.63, 3.8) is 0 Å². The number of nitrogens with one attached hydrogen (secondary N) is 1. The molecular formula is C25H31NO8. The summed E-state index contributed by atoms with van der Waals surface area (Å²) in [6.07, 6.45) is -3.62. The quantitative estimate of drug-likeness (QED) is 0.560. The largest absolute Gasteiger partial charge is 0.462 e. The third-order valence-electron chi connectivity index (χ3n) is 6.09. The Labute approximate surface area is 198 Å². The zero-order valence-electron chi connectivity index (χ0n) is 19.7. The molecule has 2 aromatic carbocycles. The second-order valence-electron chi connectivity index (χ2n) is 9.06. The second kappa shape index (κ2) is 9.79. The fourth-order valence-electron chi connectivity index (χ4n) is 4.41. The number of fused-ring (bicyclic) bond motifs is 1. The Kier molecular flexibility index (Phi) is 6.99. The van der Waals surface area contributed by atoms with E-state index in [2.05, 4.69) is 5.32 Å². The number of aliphatic hydroxyl groups excluding tert-OH is 2. The number of amides is 1. The van der Waals surface area contributed by atoms with Gasteiger partial charge in [-0.05, 0) is 55.7 Å². The molecule has 0 bridgehead atoms. The summed E-state index contributed by atoms with van der Waals surface area (Å²) in [4.78, 5) is 11.8. The van der Waals surface area contributed by atoms with Crippen LogP contribution in [0.25, 0.3) is 0 Å². The van der Waals surface area contributed by atoms with Gasteiger partial charge in [0.15, 0.2) is 11.5 Å². The van der Waals surface area contributed by atoms with Crippen molar-refractivity contribution in [2.24, 2.45) is 0 Å². The minimum absolute atomic E-state index is 0.137. The molecule has 4 rings (SSSR count). The summed E-state index contributed by atoms with van der Waals surface area (Å²) < 4.78 is 27.8. The van der Waals surface area contributed by atoms with Crippen molar-refractivity contribution in [2.75, 3.05) is 13.9 Å². The van der Waals surface area contributed by atoms with Gasteiger partial charge in [0, 0.05) is 14.0 Å². The van der Waals surface area contributed by atoms with E-state index < -0.39 is 30.2 Å². The Morgan fingerprint density at radius 1 is 1.12 bits per heavy atom. The zero-order valence-corrected chi connectivity index (χ0v) is 19.7. The summed E-state index contributed by atoms with van der Waals surface area (Å²) >= 11 is 0. The number of carbonyl (C=O) groups excluding carboxylic acids is 1. The Morgan fingerprint density at radius 2 is 1.82 bits per heavy atom. The number of carbonyl (C=O) groups is 1. The monoisotopic (exact) mass is 473 g/mol. The Hall–Kier alpha value is -2.85. The predicted molar refractivity (Wildman–Crippen MR) is 122 cm³/mol. The van der Waals surface area contributed by atoms with Crippen LogP contribution < -0.4 is 19.5 Å². The maximum absolute atomic E-state index is 11.8. The van der Waals surface area contributed by atoms with Gasteiger partial charge in [0.25, 0.3) is 0 Å². The maximum Gasteiger partial charge on any atom is 0.231 e. The van der Waals surface area contributed by atoms with Crippen molar-refractivity contribution < 1.29 is 38.7 Å². The van der Waals surface area contributed by atoms with Crippen molar-refractivity contribution >= 4 is 5.91 Å². The minimum atomic E-state index is -1.27. The van der Waals surface area contributed by atoms with Gasteiger partial charge in [-0.2, -0.15) is 0 Å². The molecule has 2 aromatic rings. The summed E-state index contributed by atoms with van der Waals surface area (Å²) in [5, 5.41) is 23.8. The highest BCUT2D eigenvalue weighted by Gasteiger charge is 2.50. The highest BCUT2D eigenvalue weighted by molar-refractivity contribution is 5.73. The fourth-order valence-corrected chi connectivity index (χ4v) is 4.41. The van der Waals surface area contributed by atoms with Crippen LogP contribution in [0.3, 0.4) is 0 Å². The molecule has 1 saturated heterocycles. The number of benzene rings is 2. The van der Waals surface area contributed by atoms with Crippen molar-refractivity contribution in [2.45, 2.75) is 63.4 Å². The van der Waals surface area contributed by atoms with E-state index in [1.807, 2.05) is 30.3 Å². The van der Waals surface area contributed by atoms with E-state index in [1.165, 1.54) is 14.0 Å². The topological polar surface area (TPSA) is 116 Å².